The number of amides is 1. The topological polar surface area (TPSA) is 79.3 Å². The van der Waals surface area contributed by atoms with Crippen molar-refractivity contribution in [2.75, 3.05) is 41.4 Å². The monoisotopic (exact) mass is 452 g/mol. The molecule has 0 spiro atoms. The second kappa shape index (κ2) is 10.1. The first-order valence-corrected chi connectivity index (χ1v) is 10.9. The van der Waals surface area contributed by atoms with Crippen LogP contribution in [-0.2, 0) is 9.59 Å². The summed E-state index contributed by atoms with van der Waals surface area (Å²) in [7, 11) is 7.00. The molecule has 2 aromatic rings. The van der Waals surface area contributed by atoms with Gasteiger partial charge in [0.25, 0.3) is 11.7 Å². The number of likely N-dealkylation sites (tertiary alicyclic amines) is 1. The molecule has 2 aromatic carbocycles. The molecule has 1 unspecified atom stereocenters. The zero-order valence-electron chi connectivity index (χ0n) is 20.1. The Labute approximate surface area is 195 Å². The molecule has 1 aliphatic heterocycles. The average molecular weight is 453 g/mol. The first-order chi connectivity index (χ1) is 15.7. The van der Waals surface area contributed by atoms with Gasteiger partial charge in [-0.1, -0.05) is 18.2 Å². The lowest BCUT2D eigenvalue weighted by molar-refractivity contribution is -0.139. The number of aryl methyl sites for hydroxylation is 2. The maximum absolute atomic E-state index is 13.2. The molecule has 0 aliphatic carbocycles. The molecular weight excluding hydrogens is 420 g/mol. The number of aliphatic hydroxyl groups excluding tert-OH is 1. The summed E-state index contributed by atoms with van der Waals surface area (Å²) in [6, 6.07) is 10.2. The van der Waals surface area contributed by atoms with Gasteiger partial charge in [-0.15, -0.1) is 0 Å². The third-order valence-electron chi connectivity index (χ3n) is 5.83. The molecule has 0 saturated carbocycles. The van der Waals surface area contributed by atoms with Crippen molar-refractivity contribution in [1.29, 1.82) is 0 Å². The minimum absolute atomic E-state index is 0.0569. The van der Waals surface area contributed by atoms with Gasteiger partial charge in [-0.25, -0.2) is 0 Å². The fourth-order valence-corrected chi connectivity index (χ4v) is 4.37. The van der Waals surface area contributed by atoms with Gasteiger partial charge in [0.15, 0.2) is 0 Å². The molecule has 1 aliphatic rings. The molecule has 1 N–H and O–H groups in total. The lowest BCUT2D eigenvalue weighted by Crippen LogP contribution is -2.32. The van der Waals surface area contributed by atoms with Gasteiger partial charge >= 0.3 is 0 Å². The summed E-state index contributed by atoms with van der Waals surface area (Å²) in [4.78, 5) is 29.9. The summed E-state index contributed by atoms with van der Waals surface area (Å²) in [6.45, 7) is 4.93. The van der Waals surface area contributed by atoms with E-state index in [1.165, 1.54) is 7.11 Å². The van der Waals surface area contributed by atoms with E-state index in [2.05, 4.69) is 0 Å². The smallest absolute Gasteiger partial charge is 0.295 e. The van der Waals surface area contributed by atoms with Crippen LogP contribution in [-0.4, -0.2) is 68.0 Å². The van der Waals surface area contributed by atoms with E-state index in [1.807, 2.05) is 51.0 Å². The molecule has 1 fully saturated rings. The Bertz CT molecular complexity index is 1090. The molecule has 0 aromatic heterocycles. The zero-order chi connectivity index (χ0) is 24.3. The van der Waals surface area contributed by atoms with Crippen LogP contribution in [0.4, 0.5) is 0 Å². The predicted octanol–water partition coefficient (Wildman–Crippen LogP) is 3.69. The molecule has 7 nitrogen and oxygen atoms in total. The largest absolute Gasteiger partial charge is 0.507 e. The maximum atomic E-state index is 13.2. The van der Waals surface area contributed by atoms with E-state index in [0.29, 0.717) is 35.6 Å². The van der Waals surface area contributed by atoms with Crippen LogP contribution in [0.25, 0.3) is 5.76 Å². The van der Waals surface area contributed by atoms with Crippen LogP contribution in [0.2, 0.25) is 0 Å². The summed E-state index contributed by atoms with van der Waals surface area (Å²) < 4.78 is 10.9. The van der Waals surface area contributed by atoms with Crippen molar-refractivity contribution in [2.24, 2.45) is 0 Å². The number of Topliss-reactive ketones (excluding diaryl/α,β-unsaturated/α-hetero) is 1. The van der Waals surface area contributed by atoms with E-state index in [-0.39, 0.29) is 11.3 Å². The Morgan fingerprint density at radius 2 is 1.82 bits per heavy atom. The number of rotatable bonds is 8. The minimum atomic E-state index is -0.729. The quantitative estimate of drug-likeness (QED) is 0.374. The third-order valence-corrected chi connectivity index (χ3v) is 5.83. The second-order valence-corrected chi connectivity index (χ2v) is 8.59. The Morgan fingerprint density at radius 3 is 2.45 bits per heavy atom. The number of nitrogens with zero attached hydrogens (tertiary/aromatic N) is 2. The van der Waals surface area contributed by atoms with Crippen LogP contribution in [0.15, 0.2) is 42.0 Å². The van der Waals surface area contributed by atoms with Gasteiger partial charge in [0.05, 0.1) is 31.4 Å². The van der Waals surface area contributed by atoms with Crippen molar-refractivity contribution in [1.82, 2.24) is 9.80 Å². The highest BCUT2D eigenvalue weighted by atomic mass is 16.5. The molecule has 1 saturated heterocycles. The molecule has 1 heterocycles. The number of hydrogen-bond donors (Lipinski definition) is 1. The lowest BCUT2D eigenvalue weighted by atomic mass is 9.93. The Hall–Kier alpha value is -3.32. The second-order valence-electron chi connectivity index (χ2n) is 8.59. The first-order valence-electron chi connectivity index (χ1n) is 10.9. The Kier molecular flexibility index (Phi) is 7.43. The highest BCUT2D eigenvalue weighted by Crippen LogP contribution is 2.42. The Morgan fingerprint density at radius 1 is 1.09 bits per heavy atom. The van der Waals surface area contributed by atoms with E-state index in [9.17, 15) is 14.7 Å². The van der Waals surface area contributed by atoms with Crippen molar-refractivity contribution in [2.45, 2.75) is 26.3 Å². The number of aliphatic hydroxyl groups is 1. The zero-order valence-corrected chi connectivity index (χ0v) is 20.1. The molecular formula is C26H32N2O5. The lowest BCUT2D eigenvalue weighted by Gasteiger charge is -2.26. The summed E-state index contributed by atoms with van der Waals surface area (Å²) in [5, 5.41) is 11.4. The van der Waals surface area contributed by atoms with E-state index < -0.39 is 17.7 Å². The van der Waals surface area contributed by atoms with Gasteiger partial charge in [-0.2, -0.15) is 0 Å². The average Bonchev–Trinajstić information content (AvgIpc) is 3.03. The molecule has 0 radical (unpaired) electrons. The Balaban J connectivity index is 2.21. The van der Waals surface area contributed by atoms with Crippen LogP contribution < -0.4 is 9.47 Å². The van der Waals surface area contributed by atoms with Crippen LogP contribution in [0, 0.1) is 13.8 Å². The fraction of sp³-hybridized carbons (Fsp3) is 0.385. The van der Waals surface area contributed by atoms with Crippen molar-refractivity contribution in [3.05, 3.63) is 64.2 Å². The standard InChI is InChI=1S/C26H32N2O5/c1-16-13-17(2)25(33-6)20(14-16)23(29)21-22(18-9-7-10-19(15-18)32-5)28(26(31)24(21)30)12-8-11-27(3)4/h7,9-10,13-15,22,29H,8,11-12H2,1-6H3/b23-21+. The van der Waals surface area contributed by atoms with Crippen LogP contribution >= 0.6 is 0 Å². The van der Waals surface area contributed by atoms with Gasteiger partial charge in [0.2, 0.25) is 0 Å². The van der Waals surface area contributed by atoms with E-state index in [4.69, 9.17) is 9.47 Å². The summed E-state index contributed by atoms with van der Waals surface area (Å²) in [5.41, 5.74) is 2.89. The van der Waals surface area contributed by atoms with Gasteiger partial charge in [0.1, 0.15) is 17.3 Å². The van der Waals surface area contributed by atoms with Crippen LogP contribution in [0.5, 0.6) is 11.5 Å². The SMILES string of the molecule is COc1cccc(C2/C(=C(\O)c3cc(C)cc(C)c3OC)C(=O)C(=O)N2CCCN(C)C)c1. The van der Waals surface area contributed by atoms with E-state index in [0.717, 1.165) is 17.7 Å². The van der Waals surface area contributed by atoms with Crippen LogP contribution in [0.3, 0.4) is 0 Å². The van der Waals surface area contributed by atoms with E-state index in [1.54, 1.807) is 30.2 Å². The van der Waals surface area contributed by atoms with Crippen molar-refractivity contribution in [3.8, 4) is 11.5 Å². The van der Waals surface area contributed by atoms with Crippen molar-refractivity contribution >= 4 is 17.4 Å². The number of ether oxygens (including phenoxy) is 2. The highest BCUT2D eigenvalue weighted by molar-refractivity contribution is 6.46. The molecule has 7 heteroatoms. The maximum Gasteiger partial charge on any atom is 0.295 e. The fourth-order valence-electron chi connectivity index (χ4n) is 4.37. The number of carbonyl (C=O) groups excluding carboxylic acids is 2. The van der Waals surface area contributed by atoms with E-state index >= 15 is 0 Å². The third kappa shape index (κ3) is 4.88. The number of methoxy groups -OCH3 is 2. The predicted molar refractivity (Wildman–Crippen MR) is 128 cm³/mol. The number of hydrogen-bond acceptors (Lipinski definition) is 6. The molecule has 33 heavy (non-hydrogen) atoms. The number of benzene rings is 2. The molecule has 0 bridgehead atoms. The molecule has 1 atom stereocenters. The van der Waals surface area contributed by atoms with Crippen molar-refractivity contribution in [3.63, 3.8) is 0 Å². The summed E-state index contributed by atoms with van der Waals surface area (Å²) in [6.07, 6.45) is 0.688. The van der Waals surface area contributed by atoms with Crippen molar-refractivity contribution < 1.29 is 24.2 Å². The molecule has 3 rings (SSSR count). The van der Waals surface area contributed by atoms with Gasteiger partial charge < -0.3 is 24.4 Å². The summed E-state index contributed by atoms with van der Waals surface area (Å²) >= 11 is 0. The van der Waals surface area contributed by atoms with Gasteiger partial charge in [-0.05, 0) is 75.8 Å². The molecule has 176 valence electrons. The van der Waals surface area contributed by atoms with Gasteiger partial charge in [-0.3, -0.25) is 9.59 Å². The number of carbonyl (C=O) groups is 2. The summed E-state index contributed by atoms with van der Waals surface area (Å²) in [5.74, 6) is -0.477. The molecule has 1 amide bonds. The first kappa shape index (κ1) is 24.3. The minimum Gasteiger partial charge on any atom is -0.507 e. The normalized spacial score (nSPS) is 17.7. The van der Waals surface area contributed by atoms with Gasteiger partial charge in [0, 0.05) is 6.54 Å². The number of ketones is 1. The highest BCUT2D eigenvalue weighted by Gasteiger charge is 2.46. The van der Waals surface area contributed by atoms with Crippen LogP contribution in [0.1, 0.15) is 34.7 Å².